The van der Waals surface area contributed by atoms with E-state index in [0.717, 1.165) is 144 Å². The number of hydrogen-bond donors (Lipinski definition) is 1. The van der Waals surface area contributed by atoms with Crippen LogP contribution in [0.1, 0.15) is 0 Å². The molecular weight excluding hydrogens is 989 g/mol. The standard InChI is InChI=1S/C76H50N2O3/c79-71-37-17-15-31-61(71)56-29-19-30-57(45-56)78(69-47-55(51-23-7-2-8-24-51)40-43-60(69)53-27-11-4-12-28-53)70-49-74-75(64-34-14-13-32-62(64)70)66-44-41-58(48-73(66)80-74)77(67-36-20-35-65-63-33-16-18-38-72(63)81-76(65)67)68-46-54(50-21-5-1-6-22-50)39-42-59(68)52-25-9-3-10-26-52/h1-49,79H. The molecule has 0 saturated carbocycles. The summed E-state index contributed by atoms with van der Waals surface area (Å²) in [6.07, 6.45) is 0. The van der Waals surface area contributed by atoms with Gasteiger partial charge in [-0.2, -0.15) is 0 Å². The lowest BCUT2D eigenvalue weighted by Gasteiger charge is -2.30. The van der Waals surface area contributed by atoms with Crippen LogP contribution in [0.4, 0.5) is 34.1 Å². The number of phenols is 1. The summed E-state index contributed by atoms with van der Waals surface area (Å²) in [7, 11) is 0. The van der Waals surface area contributed by atoms with E-state index in [1.54, 1.807) is 6.07 Å². The molecule has 2 heterocycles. The molecule has 0 aliphatic heterocycles. The maximum absolute atomic E-state index is 11.3. The summed E-state index contributed by atoms with van der Waals surface area (Å²) in [6, 6.07) is 104. The average molecular weight is 1040 g/mol. The summed E-state index contributed by atoms with van der Waals surface area (Å²) in [6.45, 7) is 0. The number of benzene rings is 13. The van der Waals surface area contributed by atoms with Crippen LogP contribution in [0.15, 0.2) is 306 Å². The van der Waals surface area contributed by atoms with Gasteiger partial charge in [0.15, 0.2) is 5.58 Å². The Labute approximate surface area is 468 Å². The molecule has 5 heteroatoms. The fraction of sp³-hybridized carbons (Fsp3) is 0. The van der Waals surface area contributed by atoms with Crippen LogP contribution >= 0.6 is 0 Å². The molecule has 0 aliphatic rings. The summed E-state index contributed by atoms with van der Waals surface area (Å²) in [5.74, 6) is 0.221. The van der Waals surface area contributed by atoms with Crippen LogP contribution < -0.4 is 9.80 Å². The third kappa shape index (κ3) is 8.35. The Kier molecular flexibility index (Phi) is 11.6. The van der Waals surface area contributed by atoms with Crippen LogP contribution in [0, 0.1) is 0 Å². The molecule has 5 nitrogen and oxygen atoms in total. The predicted molar refractivity (Wildman–Crippen MR) is 337 cm³/mol. The first-order valence-corrected chi connectivity index (χ1v) is 27.4. The Hall–Kier alpha value is -10.9. The SMILES string of the molecule is Oc1ccccc1-c1cccc(N(c2cc(-c3ccccc3)ccc2-c2ccccc2)c2cc3oc4cc(N(c5cc(-c6ccccc6)ccc5-c5ccccc5)c5cccc6c5oc5ccccc56)ccc4c3c3ccccc23)c1. The molecule has 0 aliphatic carbocycles. The van der Waals surface area contributed by atoms with Crippen molar-refractivity contribution in [2.24, 2.45) is 0 Å². The summed E-state index contributed by atoms with van der Waals surface area (Å²) in [4.78, 5) is 4.72. The van der Waals surface area contributed by atoms with E-state index in [2.05, 4.69) is 271 Å². The lowest BCUT2D eigenvalue weighted by atomic mass is 9.95. The number of fused-ring (bicyclic) bond motifs is 8. The minimum Gasteiger partial charge on any atom is -0.507 e. The van der Waals surface area contributed by atoms with Crippen LogP contribution in [0.2, 0.25) is 0 Å². The van der Waals surface area contributed by atoms with E-state index in [1.807, 2.05) is 30.3 Å². The van der Waals surface area contributed by atoms with E-state index in [0.29, 0.717) is 0 Å². The van der Waals surface area contributed by atoms with Crippen molar-refractivity contribution < 1.29 is 13.9 Å². The van der Waals surface area contributed by atoms with Crippen molar-refractivity contribution >= 4 is 88.8 Å². The van der Waals surface area contributed by atoms with Gasteiger partial charge in [0.05, 0.1) is 28.4 Å². The molecule has 382 valence electrons. The van der Waals surface area contributed by atoms with Gasteiger partial charge in [0.2, 0.25) is 0 Å². The number of nitrogens with zero attached hydrogens (tertiary/aromatic N) is 2. The number of rotatable bonds is 11. The van der Waals surface area contributed by atoms with Gasteiger partial charge in [-0.15, -0.1) is 0 Å². The first-order chi connectivity index (χ1) is 40.1. The average Bonchev–Trinajstić information content (AvgIpc) is 4.30. The van der Waals surface area contributed by atoms with Crippen LogP contribution in [0.25, 0.3) is 110 Å². The topological polar surface area (TPSA) is 53.0 Å². The normalized spacial score (nSPS) is 11.5. The highest BCUT2D eigenvalue weighted by atomic mass is 16.3. The first kappa shape index (κ1) is 47.3. The highest BCUT2D eigenvalue weighted by Gasteiger charge is 2.27. The summed E-state index contributed by atoms with van der Waals surface area (Å²) < 4.78 is 14.2. The Morgan fingerprint density at radius 2 is 0.765 bits per heavy atom. The number of phenolic OH excluding ortho intramolecular Hbond substituents is 1. The monoisotopic (exact) mass is 1040 g/mol. The Morgan fingerprint density at radius 1 is 0.247 bits per heavy atom. The third-order valence-electron chi connectivity index (χ3n) is 15.7. The van der Waals surface area contributed by atoms with Crippen molar-refractivity contribution in [2.45, 2.75) is 0 Å². The Bertz CT molecular complexity index is 4840. The van der Waals surface area contributed by atoms with Crippen LogP contribution in [0.5, 0.6) is 5.75 Å². The van der Waals surface area contributed by atoms with Crippen molar-refractivity contribution in [1.29, 1.82) is 0 Å². The molecule has 0 radical (unpaired) electrons. The molecule has 1 N–H and O–H groups in total. The minimum absolute atomic E-state index is 0.221. The van der Waals surface area contributed by atoms with E-state index in [9.17, 15) is 5.11 Å². The second-order valence-corrected chi connectivity index (χ2v) is 20.5. The molecule has 13 aromatic carbocycles. The van der Waals surface area contributed by atoms with Crippen LogP contribution in [0.3, 0.4) is 0 Å². The quantitative estimate of drug-likeness (QED) is 0.140. The number of anilines is 6. The van der Waals surface area contributed by atoms with E-state index < -0.39 is 0 Å². The van der Waals surface area contributed by atoms with Crippen molar-refractivity contribution in [3.05, 3.63) is 297 Å². The fourth-order valence-corrected chi connectivity index (χ4v) is 12.0. The van der Waals surface area contributed by atoms with Gasteiger partial charge >= 0.3 is 0 Å². The molecule has 2 aromatic heterocycles. The second-order valence-electron chi connectivity index (χ2n) is 20.5. The first-order valence-electron chi connectivity index (χ1n) is 27.4. The third-order valence-corrected chi connectivity index (χ3v) is 15.7. The number of para-hydroxylation sites is 3. The van der Waals surface area contributed by atoms with Gasteiger partial charge in [0, 0.05) is 61.4 Å². The molecule has 0 bridgehead atoms. The second kappa shape index (κ2) is 19.8. The summed E-state index contributed by atoms with van der Waals surface area (Å²) in [5.41, 5.74) is 19.2. The van der Waals surface area contributed by atoms with Gasteiger partial charge in [-0.05, 0) is 98.9 Å². The zero-order valence-electron chi connectivity index (χ0n) is 43.9. The van der Waals surface area contributed by atoms with E-state index in [1.165, 1.54) is 0 Å². The van der Waals surface area contributed by atoms with Crippen molar-refractivity contribution in [2.75, 3.05) is 9.80 Å². The lowest BCUT2D eigenvalue weighted by Crippen LogP contribution is -2.12. The van der Waals surface area contributed by atoms with Gasteiger partial charge in [-0.25, -0.2) is 0 Å². The van der Waals surface area contributed by atoms with E-state index in [-0.39, 0.29) is 5.75 Å². The molecule has 15 aromatic rings. The highest BCUT2D eigenvalue weighted by Crippen LogP contribution is 2.51. The van der Waals surface area contributed by atoms with Crippen LogP contribution in [-0.4, -0.2) is 5.11 Å². The van der Waals surface area contributed by atoms with Gasteiger partial charge < -0.3 is 23.7 Å². The van der Waals surface area contributed by atoms with E-state index in [4.69, 9.17) is 8.83 Å². The van der Waals surface area contributed by atoms with Gasteiger partial charge in [0.1, 0.15) is 22.5 Å². The lowest BCUT2D eigenvalue weighted by molar-refractivity contribution is 0.477. The summed E-state index contributed by atoms with van der Waals surface area (Å²) in [5, 5.41) is 17.5. The molecule has 0 amide bonds. The molecule has 0 spiro atoms. The maximum atomic E-state index is 11.3. The smallest absolute Gasteiger partial charge is 0.159 e. The molecule has 0 unspecified atom stereocenters. The van der Waals surface area contributed by atoms with Gasteiger partial charge in [-0.1, -0.05) is 231 Å². The number of aromatic hydroxyl groups is 1. The van der Waals surface area contributed by atoms with E-state index >= 15 is 0 Å². The number of hydrogen-bond acceptors (Lipinski definition) is 5. The van der Waals surface area contributed by atoms with Gasteiger partial charge in [-0.3, -0.25) is 0 Å². The van der Waals surface area contributed by atoms with Crippen molar-refractivity contribution in [3.8, 4) is 61.4 Å². The Morgan fingerprint density at radius 3 is 1.42 bits per heavy atom. The molecule has 0 fully saturated rings. The molecular formula is C76H50N2O3. The highest BCUT2D eigenvalue weighted by molar-refractivity contribution is 6.23. The maximum Gasteiger partial charge on any atom is 0.159 e. The molecule has 15 rings (SSSR count). The van der Waals surface area contributed by atoms with Crippen molar-refractivity contribution in [3.63, 3.8) is 0 Å². The predicted octanol–water partition coefficient (Wildman–Crippen LogP) is 21.6. The molecule has 81 heavy (non-hydrogen) atoms. The molecule has 0 saturated heterocycles. The minimum atomic E-state index is 0.221. The van der Waals surface area contributed by atoms with Crippen LogP contribution in [-0.2, 0) is 0 Å². The summed E-state index contributed by atoms with van der Waals surface area (Å²) >= 11 is 0. The largest absolute Gasteiger partial charge is 0.507 e. The zero-order valence-corrected chi connectivity index (χ0v) is 43.9. The Balaban J connectivity index is 0.988. The zero-order chi connectivity index (χ0) is 53.8. The van der Waals surface area contributed by atoms with Gasteiger partial charge in [0.25, 0.3) is 0 Å². The molecule has 0 atom stereocenters. The fourth-order valence-electron chi connectivity index (χ4n) is 12.0. The number of furan rings is 2. The van der Waals surface area contributed by atoms with Crippen molar-refractivity contribution in [1.82, 2.24) is 0 Å².